The number of rotatable bonds is 8. The average molecular weight is 236 g/mol. The quantitative estimate of drug-likeness (QED) is 0.679. The minimum atomic E-state index is -0.340. The van der Waals surface area contributed by atoms with Gasteiger partial charge in [-0.15, -0.1) is 0 Å². The summed E-state index contributed by atoms with van der Waals surface area (Å²) in [5.41, 5.74) is 1.00. The van der Waals surface area contributed by atoms with E-state index in [-0.39, 0.29) is 12.2 Å². The molecule has 0 fully saturated rings. The fourth-order valence-electron chi connectivity index (χ4n) is 1.94. The van der Waals surface area contributed by atoms with Crippen LogP contribution in [0.5, 0.6) is 0 Å². The van der Waals surface area contributed by atoms with Gasteiger partial charge < -0.3 is 10.2 Å². The summed E-state index contributed by atoms with van der Waals surface area (Å²) in [6.45, 7) is 2.00. The summed E-state index contributed by atoms with van der Waals surface area (Å²) in [6, 6.07) is 9.80. The second kappa shape index (κ2) is 8.26. The maximum atomic E-state index is 9.93. The molecule has 1 aromatic rings. The Morgan fingerprint density at radius 2 is 1.59 bits per heavy atom. The number of aliphatic hydroxyl groups excluding tert-OH is 2. The van der Waals surface area contributed by atoms with Gasteiger partial charge in [0.25, 0.3) is 0 Å². The van der Waals surface area contributed by atoms with Crippen LogP contribution in [-0.2, 0) is 0 Å². The molecule has 1 aromatic carbocycles. The fourth-order valence-corrected chi connectivity index (χ4v) is 1.94. The van der Waals surface area contributed by atoms with Crippen LogP contribution in [-0.4, -0.2) is 16.3 Å². The van der Waals surface area contributed by atoms with Gasteiger partial charge >= 0.3 is 0 Å². The molecule has 0 aromatic heterocycles. The average Bonchev–Trinajstić information content (AvgIpc) is 2.38. The summed E-state index contributed by atoms with van der Waals surface area (Å²) in [5.74, 6) is 0. The Morgan fingerprint density at radius 3 is 2.24 bits per heavy atom. The second-order valence-corrected chi connectivity index (χ2v) is 4.63. The van der Waals surface area contributed by atoms with Crippen molar-refractivity contribution in [3.05, 3.63) is 35.9 Å². The molecule has 0 saturated carbocycles. The van der Waals surface area contributed by atoms with Crippen molar-refractivity contribution in [1.82, 2.24) is 0 Å². The molecular weight excluding hydrogens is 212 g/mol. The van der Waals surface area contributed by atoms with Crippen molar-refractivity contribution in [3.63, 3.8) is 0 Å². The lowest BCUT2D eigenvalue weighted by Crippen LogP contribution is -2.03. The second-order valence-electron chi connectivity index (χ2n) is 4.63. The van der Waals surface area contributed by atoms with E-state index in [0.717, 1.165) is 44.1 Å². The molecule has 2 atom stereocenters. The third kappa shape index (κ3) is 5.85. The van der Waals surface area contributed by atoms with Crippen LogP contribution >= 0.6 is 0 Å². The van der Waals surface area contributed by atoms with Crippen LogP contribution in [0.4, 0.5) is 0 Å². The molecule has 0 aliphatic carbocycles. The van der Waals surface area contributed by atoms with Gasteiger partial charge in [0.05, 0.1) is 12.2 Å². The zero-order chi connectivity index (χ0) is 12.5. The highest BCUT2D eigenvalue weighted by molar-refractivity contribution is 5.16. The first-order valence-corrected chi connectivity index (χ1v) is 6.65. The minimum Gasteiger partial charge on any atom is -0.393 e. The lowest BCUT2D eigenvalue weighted by Gasteiger charge is -2.11. The molecule has 0 aliphatic rings. The molecular formula is C15H24O2. The number of unbranched alkanes of at least 4 members (excludes halogenated alkanes) is 2. The summed E-state index contributed by atoms with van der Waals surface area (Å²) in [4.78, 5) is 0. The van der Waals surface area contributed by atoms with Crippen LogP contribution in [0.3, 0.4) is 0 Å². The molecule has 0 heterocycles. The molecule has 1 rings (SSSR count). The van der Waals surface area contributed by atoms with Crippen molar-refractivity contribution in [1.29, 1.82) is 0 Å². The van der Waals surface area contributed by atoms with Crippen molar-refractivity contribution < 1.29 is 10.2 Å². The summed E-state index contributed by atoms with van der Waals surface area (Å²) >= 11 is 0. The Kier molecular flexibility index (Phi) is 6.90. The number of hydrogen-bond donors (Lipinski definition) is 2. The van der Waals surface area contributed by atoms with Crippen molar-refractivity contribution in [2.75, 3.05) is 0 Å². The molecule has 0 radical (unpaired) electrons. The Bertz CT molecular complexity index is 284. The van der Waals surface area contributed by atoms with E-state index in [1.165, 1.54) is 0 Å². The minimum absolute atomic E-state index is 0.144. The molecule has 2 heteroatoms. The van der Waals surface area contributed by atoms with E-state index in [9.17, 15) is 10.2 Å². The summed E-state index contributed by atoms with van der Waals surface area (Å²) in [7, 11) is 0. The standard InChI is InChI=1S/C15H24O2/c1-2-14(16)11-7-4-8-12-15(17)13-9-5-3-6-10-13/h3,5-6,9-10,14-17H,2,4,7-8,11-12H2,1H3. The Morgan fingerprint density at radius 1 is 0.941 bits per heavy atom. The molecule has 2 unspecified atom stereocenters. The molecule has 0 spiro atoms. The van der Waals surface area contributed by atoms with Gasteiger partial charge in [0.2, 0.25) is 0 Å². The fraction of sp³-hybridized carbons (Fsp3) is 0.600. The molecule has 0 saturated heterocycles. The van der Waals surface area contributed by atoms with E-state index in [4.69, 9.17) is 0 Å². The summed E-state index contributed by atoms with van der Waals surface area (Å²) < 4.78 is 0. The first-order valence-electron chi connectivity index (χ1n) is 6.65. The first kappa shape index (κ1) is 14.2. The van der Waals surface area contributed by atoms with Gasteiger partial charge in [0, 0.05) is 0 Å². The molecule has 2 nitrogen and oxygen atoms in total. The molecule has 0 bridgehead atoms. The predicted octanol–water partition coefficient (Wildman–Crippen LogP) is 3.44. The monoisotopic (exact) mass is 236 g/mol. The number of benzene rings is 1. The lowest BCUT2D eigenvalue weighted by atomic mass is 10.0. The zero-order valence-electron chi connectivity index (χ0n) is 10.7. The molecule has 0 amide bonds. The van der Waals surface area contributed by atoms with E-state index >= 15 is 0 Å². The van der Waals surface area contributed by atoms with Gasteiger partial charge in [-0.2, -0.15) is 0 Å². The first-order chi connectivity index (χ1) is 8.24. The van der Waals surface area contributed by atoms with Gasteiger partial charge in [0.1, 0.15) is 0 Å². The van der Waals surface area contributed by atoms with Gasteiger partial charge in [-0.05, 0) is 24.8 Å². The summed E-state index contributed by atoms with van der Waals surface area (Å²) in [6.07, 6.45) is 5.21. The van der Waals surface area contributed by atoms with E-state index in [1.54, 1.807) is 0 Å². The van der Waals surface area contributed by atoms with Gasteiger partial charge in [-0.25, -0.2) is 0 Å². The van der Waals surface area contributed by atoms with Crippen LogP contribution in [0.1, 0.15) is 57.1 Å². The van der Waals surface area contributed by atoms with Gasteiger partial charge in [-0.3, -0.25) is 0 Å². The maximum Gasteiger partial charge on any atom is 0.0790 e. The normalized spacial score (nSPS) is 14.5. The van der Waals surface area contributed by atoms with Crippen LogP contribution in [0.15, 0.2) is 30.3 Å². The molecule has 0 aliphatic heterocycles. The van der Waals surface area contributed by atoms with E-state index in [0.29, 0.717) is 0 Å². The Labute approximate surface area is 104 Å². The van der Waals surface area contributed by atoms with Crippen molar-refractivity contribution in [2.45, 2.75) is 57.7 Å². The van der Waals surface area contributed by atoms with Crippen LogP contribution < -0.4 is 0 Å². The highest BCUT2D eigenvalue weighted by Gasteiger charge is 2.06. The Balaban J connectivity index is 2.11. The molecule has 96 valence electrons. The SMILES string of the molecule is CCC(O)CCCCCC(O)c1ccccc1. The third-order valence-electron chi connectivity index (χ3n) is 3.17. The molecule has 17 heavy (non-hydrogen) atoms. The van der Waals surface area contributed by atoms with E-state index in [1.807, 2.05) is 37.3 Å². The highest BCUT2D eigenvalue weighted by atomic mass is 16.3. The largest absolute Gasteiger partial charge is 0.393 e. The number of aliphatic hydroxyl groups is 2. The van der Waals surface area contributed by atoms with E-state index in [2.05, 4.69) is 0 Å². The third-order valence-corrected chi connectivity index (χ3v) is 3.17. The van der Waals surface area contributed by atoms with Crippen molar-refractivity contribution in [2.24, 2.45) is 0 Å². The number of hydrogen-bond acceptors (Lipinski definition) is 2. The highest BCUT2D eigenvalue weighted by Crippen LogP contribution is 2.19. The van der Waals surface area contributed by atoms with Crippen LogP contribution in [0, 0.1) is 0 Å². The van der Waals surface area contributed by atoms with E-state index < -0.39 is 0 Å². The van der Waals surface area contributed by atoms with Crippen LogP contribution in [0.2, 0.25) is 0 Å². The van der Waals surface area contributed by atoms with Gasteiger partial charge in [0.15, 0.2) is 0 Å². The lowest BCUT2D eigenvalue weighted by molar-refractivity contribution is 0.150. The summed E-state index contributed by atoms with van der Waals surface area (Å²) in [5, 5.41) is 19.3. The van der Waals surface area contributed by atoms with Crippen molar-refractivity contribution in [3.8, 4) is 0 Å². The smallest absolute Gasteiger partial charge is 0.0790 e. The maximum absolute atomic E-state index is 9.93. The topological polar surface area (TPSA) is 40.5 Å². The van der Waals surface area contributed by atoms with Crippen molar-refractivity contribution >= 4 is 0 Å². The molecule has 2 N–H and O–H groups in total. The zero-order valence-corrected chi connectivity index (χ0v) is 10.7. The van der Waals surface area contributed by atoms with Gasteiger partial charge in [-0.1, -0.05) is 56.5 Å². The Hall–Kier alpha value is -0.860. The van der Waals surface area contributed by atoms with Crippen LogP contribution in [0.25, 0.3) is 0 Å². The predicted molar refractivity (Wildman–Crippen MR) is 70.8 cm³/mol.